The normalized spacial score (nSPS) is 10.3. The zero-order valence-electron chi connectivity index (χ0n) is 17.4. The lowest BCUT2D eigenvalue weighted by Gasteiger charge is -2.13. The van der Waals surface area contributed by atoms with Crippen LogP contribution < -0.4 is 15.7 Å². The van der Waals surface area contributed by atoms with Crippen molar-refractivity contribution < 1.29 is 29.0 Å². The molecule has 2 aromatic carbocycles. The molecule has 0 radical (unpaired) electrons. The molecule has 34 heavy (non-hydrogen) atoms. The maximum absolute atomic E-state index is 12.9. The fourth-order valence-corrected chi connectivity index (χ4v) is 2.73. The highest BCUT2D eigenvalue weighted by Crippen LogP contribution is 2.28. The number of hydrogen-bond acceptors (Lipinski definition) is 10. The lowest BCUT2D eigenvalue weighted by Crippen LogP contribution is -2.34. The first-order valence-electron chi connectivity index (χ1n) is 9.38. The van der Waals surface area contributed by atoms with Gasteiger partial charge >= 0.3 is 17.6 Å². The van der Waals surface area contributed by atoms with Gasteiger partial charge in [0.1, 0.15) is 12.3 Å². The van der Waals surface area contributed by atoms with Gasteiger partial charge in [-0.15, -0.1) is 4.73 Å². The Morgan fingerprint density at radius 3 is 2.24 bits per heavy atom. The minimum Gasteiger partial charge on any atom is -0.444 e. The molecule has 1 aromatic heterocycles. The van der Waals surface area contributed by atoms with Crippen LogP contribution in [0.5, 0.6) is 0 Å². The molecule has 174 valence electrons. The van der Waals surface area contributed by atoms with E-state index in [2.05, 4.69) is 10.3 Å². The monoisotopic (exact) mass is 469 g/mol. The summed E-state index contributed by atoms with van der Waals surface area (Å²) in [5.74, 6) is -1.41. The van der Waals surface area contributed by atoms with Gasteiger partial charge in [0, 0.05) is 24.6 Å². The summed E-state index contributed by atoms with van der Waals surface area (Å²) in [5, 5.41) is 24.5. The van der Waals surface area contributed by atoms with Crippen LogP contribution in [-0.4, -0.2) is 31.6 Å². The Morgan fingerprint density at radius 1 is 1.06 bits per heavy atom. The third-order valence-electron chi connectivity index (χ3n) is 4.17. The Balaban J connectivity index is 1.98. The summed E-state index contributed by atoms with van der Waals surface area (Å²) in [7, 11) is 0. The highest BCUT2D eigenvalue weighted by atomic mass is 16.7. The van der Waals surface area contributed by atoms with Crippen molar-refractivity contribution in [3.63, 3.8) is 0 Å². The summed E-state index contributed by atoms with van der Waals surface area (Å²) in [6.07, 6.45) is -0.109. The number of amides is 1. The van der Waals surface area contributed by atoms with E-state index in [9.17, 15) is 34.6 Å². The molecule has 0 atom stereocenters. The summed E-state index contributed by atoms with van der Waals surface area (Å²) in [6.45, 7) is 0.883. The number of rotatable bonds is 7. The molecule has 3 aromatic rings. The van der Waals surface area contributed by atoms with Gasteiger partial charge < -0.3 is 9.57 Å². The molecular formula is C20H15N5O9. The van der Waals surface area contributed by atoms with E-state index in [0.29, 0.717) is 10.3 Å². The van der Waals surface area contributed by atoms with Crippen LogP contribution in [-0.2, 0) is 16.1 Å². The van der Waals surface area contributed by atoms with Crippen molar-refractivity contribution in [2.45, 2.75) is 13.5 Å². The number of nitro groups is 2. The molecule has 14 nitrogen and oxygen atoms in total. The van der Waals surface area contributed by atoms with Gasteiger partial charge in [0.15, 0.2) is 5.82 Å². The van der Waals surface area contributed by atoms with Gasteiger partial charge in [0.25, 0.3) is 11.4 Å². The zero-order chi connectivity index (χ0) is 24.8. The average Bonchev–Trinajstić information content (AvgIpc) is 2.80. The number of ether oxygens (including phenoxy) is 1. The molecule has 0 saturated heterocycles. The maximum atomic E-state index is 12.9. The summed E-state index contributed by atoms with van der Waals surface area (Å²) in [5.41, 5.74) is -2.39. The molecule has 0 fully saturated rings. The van der Waals surface area contributed by atoms with Crippen molar-refractivity contribution >= 4 is 29.1 Å². The fraction of sp³-hybridized carbons (Fsp3) is 0.100. The number of aromatic nitrogens is 2. The fourth-order valence-electron chi connectivity index (χ4n) is 2.73. The number of non-ortho nitro benzene ring substituents is 2. The Hall–Kier alpha value is -5.14. The topological polar surface area (TPSA) is 186 Å². The van der Waals surface area contributed by atoms with E-state index in [1.54, 1.807) is 30.3 Å². The number of carbonyl (C=O) groups is 2. The largest absolute Gasteiger partial charge is 0.444 e. The van der Waals surface area contributed by atoms with E-state index in [4.69, 9.17) is 9.57 Å². The minimum atomic E-state index is -1.08. The second-order valence-corrected chi connectivity index (χ2v) is 6.62. The number of carbonyl (C=O) groups excluding carboxylic acids is 2. The molecule has 1 amide bonds. The number of hydrogen-bond donors (Lipinski definition) is 1. The molecule has 3 rings (SSSR count). The van der Waals surface area contributed by atoms with Gasteiger partial charge in [-0.3, -0.25) is 30.3 Å². The molecule has 0 unspecified atom stereocenters. The Morgan fingerprint density at radius 2 is 1.68 bits per heavy atom. The van der Waals surface area contributed by atoms with Crippen molar-refractivity contribution in [2.75, 3.05) is 5.32 Å². The summed E-state index contributed by atoms with van der Waals surface area (Å²) >= 11 is 0. The van der Waals surface area contributed by atoms with Crippen molar-refractivity contribution in [2.24, 2.45) is 0 Å². The number of benzene rings is 2. The Kier molecular flexibility index (Phi) is 6.91. The zero-order valence-corrected chi connectivity index (χ0v) is 17.4. The molecule has 1 N–H and O–H groups in total. The quantitative estimate of drug-likeness (QED) is 0.398. The number of nitrogens with one attached hydrogen (secondary N) is 1. The first kappa shape index (κ1) is 23.5. The molecule has 0 aliphatic rings. The Labute approximate surface area is 189 Å². The average molecular weight is 469 g/mol. The highest BCUT2D eigenvalue weighted by molar-refractivity contribution is 5.84. The summed E-state index contributed by atoms with van der Waals surface area (Å²) in [6, 6.07) is 11.3. The van der Waals surface area contributed by atoms with Gasteiger partial charge in [0.05, 0.1) is 22.1 Å². The number of anilines is 1. The first-order valence-corrected chi connectivity index (χ1v) is 9.38. The third kappa shape index (κ3) is 5.56. The predicted octanol–water partition coefficient (Wildman–Crippen LogP) is 2.45. The maximum Gasteiger partial charge on any atom is 0.412 e. The van der Waals surface area contributed by atoms with E-state index >= 15 is 0 Å². The van der Waals surface area contributed by atoms with E-state index in [0.717, 1.165) is 31.3 Å². The lowest BCUT2D eigenvalue weighted by atomic mass is 10.1. The van der Waals surface area contributed by atoms with E-state index in [1.165, 1.54) is 0 Å². The van der Waals surface area contributed by atoms with Gasteiger partial charge in [0.2, 0.25) is 0 Å². The number of nitrogens with zero attached hydrogens (tertiary/aromatic N) is 4. The molecule has 1 heterocycles. The minimum absolute atomic E-state index is 0.0896. The van der Waals surface area contributed by atoms with Crippen LogP contribution in [0.1, 0.15) is 12.5 Å². The van der Waals surface area contributed by atoms with Crippen LogP contribution in [0.4, 0.5) is 21.9 Å². The van der Waals surface area contributed by atoms with Crippen molar-refractivity contribution in [3.8, 4) is 11.4 Å². The van der Waals surface area contributed by atoms with Crippen molar-refractivity contribution in [3.05, 3.63) is 90.9 Å². The van der Waals surface area contributed by atoms with Crippen LogP contribution in [0, 0.1) is 20.2 Å². The van der Waals surface area contributed by atoms with Crippen LogP contribution in [0.25, 0.3) is 11.4 Å². The second-order valence-electron chi connectivity index (χ2n) is 6.62. The molecule has 0 aliphatic heterocycles. The second kappa shape index (κ2) is 9.99. The number of nitro benzene ring substituents is 2. The van der Waals surface area contributed by atoms with Crippen molar-refractivity contribution in [1.29, 1.82) is 0 Å². The standard InChI is InChI=1S/C20H15N5O9/c1-12(26)34-23-18(14-7-15(24(29)30)9-16(8-14)25(31)32)21-10-17(19(23)27)22-20(28)33-11-13-5-3-2-4-6-13/h2-10H,11H2,1H3,(H,22,28). The van der Waals surface area contributed by atoms with Crippen LogP contribution in [0.3, 0.4) is 0 Å². The third-order valence-corrected chi connectivity index (χ3v) is 4.17. The van der Waals surface area contributed by atoms with Crippen LogP contribution in [0.2, 0.25) is 0 Å². The SMILES string of the molecule is CC(=O)On1c(-c2cc([N+](=O)[O-])cc([N+](=O)[O-])c2)ncc(NC(=O)OCc2ccccc2)c1=O. The van der Waals surface area contributed by atoms with Crippen LogP contribution >= 0.6 is 0 Å². The summed E-state index contributed by atoms with van der Waals surface area (Å²) in [4.78, 5) is 65.9. The molecule has 0 bridgehead atoms. The molecular weight excluding hydrogens is 454 g/mol. The van der Waals surface area contributed by atoms with Gasteiger partial charge in [-0.25, -0.2) is 14.6 Å². The molecule has 14 heteroatoms. The predicted molar refractivity (Wildman–Crippen MR) is 115 cm³/mol. The van der Waals surface area contributed by atoms with Crippen LogP contribution in [0.15, 0.2) is 59.5 Å². The van der Waals surface area contributed by atoms with E-state index in [1.807, 2.05) is 0 Å². The first-order chi connectivity index (χ1) is 16.2. The van der Waals surface area contributed by atoms with Gasteiger partial charge in [-0.2, -0.15) is 0 Å². The summed E-state index contributed by atoms with van der Waals surface area (Å²) < 4.78 is 5.38. The Bertz CT molecular complexity index is 1310. The highest BCUT2D eigenvalue weighted by Gasteiger charge is 2.22. The molecule has 0 aliphatic carbocycles. The van der Waals surface area contributed by atoms with E-state index < -0.39 is 50.4 Å². The van der Waals surface area contributed by atoms with Gasteiger partial charge in [-0.05, 0) is 5.56 Å². The molecule has 0 saturated carbocycles. The smallest absolute Gasteiger partial charge is 0.412 e. The lowest BCUT2D eigenvalue weighted by molar-refractivity contribution is -0.394. The van der Waals surface area contributed by atoms with E-state index in [-0.39, 0.29) is 12.2 Å². The van der Waals surface area contributed by atoms with Gasteiger partial charge in [-0.1, -0.05) is 30.3 Å². The van der Waals surface area contributed by atoms with Crippen molar-refractivity contribution in [1.82, 2.24) is 9.71 Å². The molecule has 0 spiro atoms.